The number of nitrogens with zero attached hydrogens (tertiary/aromatic N) is 4. The summed E-state index contributed by atoms with van der Waals surface area (Å²) >= 11 is 0. The first-order valence-electron chi connectivity index (χ1n) is 9.99. The van der Waals surface area contributed by atoms with Gasteiger partial charge in [-0.05, 0) is 32.8 Å². The highest BCUT2D eigenvalue weighted by atomic mass is 32.2. The summed E-state index contributed by atoms with van der Waals surface area (Å²) in [5.41, 5.74) is 1.13. The average molecular weight is 436 g/mol. The molecular weight excluding hydrogens is 410 g/mol. The lowest BCUT2D eigenvalue weighted by molar-refractivity contribution is 0.0698. The van der Waals surface area contributed by atoms with Crippen molar-refractivity contribution in [2.24, 2.45) is 0 Å². The molecule has 0 bridgehead atoms. The predicted octanol–water partition coefficient (Wildman–Crippen LogP) is 1.00. The summed E-state index contributed by atoms with van der Waals surface area (Å²) in [5.74, 6) is -0.0587. The summed E-state index contributed by atoms with van der Waals surface area (Å²) in [7, 11) is -3.73. The average Bonchev–Trinajstić information content (AvgIpc) is 3.48. The Morgan fingerprint density at radius 1 is 1.00 bits per heavy atom. The van der Waals surface area contributed by atoms with Crippen LogP contribution < -0.4 is 0 Å². The van der Waals surface area contributed by atoms with Crippen LogP contribution in [0.1, 0.15) is 45.1 Å². The minimum atomic E-state index is -3.73. The quantitative estimate of drug-likeness (QED) is 0.765. The molecule has 0 atom stereocenters. The number of rotatable bonds is 4. The number of amides is 2. The normalized spacial score (nSPS) is 18.2. The fraction of sp³-hybridized carbons (Fsp3) is 0.526. The monoisotopic (exact) mass is 435 g/mol. The number of piperazine rings is 1. The summed E-state index contributed by atoms with van der Waals surface area (Å²) < 4.78 is 32.2. The Morgan fingerprint density at radius 2 is 1.63 bits per heavy atom. The molecule has 10 nitrogen and oxygen atoms in total. The lowest BCUT2D eigenvalue weighted by atomic mass is 10.2. The molecule has 30 heavy (non-hydrogen) atoms. The molecule has 2 amide bonds. The van der Waals surface area contributed by atoms with E-state index in [1.807, 2.05) is 0 Å². The van der Waals surface area contributed by atoms with Gasteiger partial charge >= 0.3 is 0 Å². The Bertz CT molecular complexity index is 1040. The Labute approximate surface area is 174 Å². The van der Waals surface area contributed by atoms with Crippen LogP contribution in [-0.4, -0.2) is 83.7 Å². The molecule has 0 unspecified atom stereocenters. The van der Waals surface area contributed by atoms with Crippen molar-refractivity contribution in [2.75, 3.05) is 39.3 Å². The fourth-order valence-corrected chi connectivity index (χ4v) is 5.73. The highest BCUT2D eigenvalue weighted by molar-refractivity contribution is 7.89. The second kappa shape index (κ2) is 7.88. The van der Waals surface area contributed by atoms with Crippen LogP contribution in [0.2, 0.25) is 0 Å². The molecule has 162 valence electrons. The van der Waals surface area contributed by atoms with E-state index in [4.69, 9.17) is 4.52 Å². The first kappa shape index (κ1) is 20.6. The van der Waals surface area contributed by atoms with Crippen LogP contribution in [0.5, 0.6) is 0 Å². The number of carbonyl (C=O) groups is 2. The van der Waals surface area contributed by atoms with Crippen molar-refractivity contribution >= 4 is 21.8 Å². The van der Waals surface area contributed by atoms with Crippen molar-refractivity contribution < 1.29 is 22.5 Å². The molecule has 1 N–H and O–H groups in total. The minimum absolute atomic E-state index is 0.0954. The molecule has 0 saturated carbocycles. The second-order valence-electron chi connectivity index (χ2n) is 7.65. The Morgan fingerprint density at radius 3 is 2.23 bits per heavy atom. The maximum atomic E-state index is 12.9. The van der Waals surface area contributed by atoms with Gasteiger partial charge in [-0.1, -0.05) is 5.16 Å². The van der Waals surface area contributed by atoms with Gasteiger partial charge in [0.25, 0.3) is 11.8 Å². The number of aromatic amines is 1. The summed E-state index contributed by atoms with van der Waals surface area (Å²) in [5, 5.41) is 3.73. The third kappa shape index (κ3) is 3.63. The van der Waals surface area contributed by atoms with Gasteiger partial charge in [0.05, 0.1) is 5.56 Å². The van der Waals surface area contributed by atoms with E-state index in [0.717, 1.165) is 25.9 Å². The molecule has 2 fully saturated rings. The van der Waals surface area contributed by atoms with Crippen LogP contribution in [-0.2, 0) is 10.0 Å². The lowest BCUT2D eigenvalue weighted by Gasteiger charge is -2.33. The van der Waals surface area contributed by atoms with Crippen LogP contribution in [0.25, 0.3) is 0 Å². The smallest absolute Gasteiger partial charge is 0.270 e. The molecule has 0 aliphatic carbocycles. The zero-order valence-corrected chi connectivity index (χ0v) is 17.9. The largest absolute Gasteiger partial charge is 0.360 e. The second-order valence-corrected chi connectivity index (χ2v) is 9.53. The van der Waals surface area contributed by atoms with Gasteiger partial charge in [-0.3, -0.25) is 9.59 Å². The third-order valence-electron chi connectivity index (χ3n) is 5.65. The Kier molecular flexibility index (Phi) is 5.41. The lowest BCUT2D eigenvalue weighted by Crippen LogP contribution is -2.50. The molecule has 2 aromatic heterocycles. The van der Waals surface area contributed by atoms with Gasteiger partial charge in [-0.25, -0.2) is 8.42 Å². The predicted molar refractivity (Wildman–Crippen MR) is 107 cm³/mol. The maximum absolute atomic E-state index is 12.9. The van der Waals surface area contributed by atoms with Gasteiger partial charge in [0, 0.05) is 45.5 Å². The SMILES string of the molecule is Cc1noc(C)c1S(=O)(=O)N1CCN(C(=O)c2c[nH]c(C(=O)N3CCCC3)c2)CC1. The molecule has 0 aromatic carbocycles. The minimum Gasteiger partial charge on any atom is -0.360 e. The van der Waals surface area contributed by atoms with E-state index in [-0.39, 0.29) is 48.6 Å². The summed E-state index contributed by atoms with van der Waals surface area (Å²) in [6.07, 6.45) is 3.54. The molecule has 4 rings (SSSR count). The van der Waals surface area contributed by atoms with Crippen molar-refractivity contribution in [3.63, 3.8) is 0 Å². The van der Waals surface area contributed by atoms with Crippen molar-refractivity contribution in [1.82, 2.24) is 24.2 Å². The number of aromatic nitrogens is 2. The molecule has 0 radical (unpaired) electrons. The number of hydrogen-bond donors (Lipinski definition) is 1. The van der Waals surface area contributed by atoms with Gasteiger partial charge in [0.1, 0.15) is 16.3 Å². The number of sulfonamides is 1. The summed E-state index contributed by atoms with van der Waals surface area (Å²) in [4.78, 5) is 31.7. The van der Waals surface area contributed by atoms with Gasteiger partial charge in [-0.2, -0.15) is 4.31 Å². The van der Waals surface area contributed by atoms with E-state index in [1.165, 1.54) is 4.31 Å². The first-order chi connectivity index (χ1) is 14.3. The first-order valence-corrected chi connectivity index (χ1v) is 11.4. The van der Waals surface area contributed by atoms with E-state index in [2.05, 4.69) is 10.1 Å². The Balaban J connectivity index is 1.41. The van der Waals surface area contributed by atoms with Gasteiger partial charge in [-0.15, -0.1) is 0 Å². The third-order valence-corrected chi connectivity index (χ3v) is 7.79. The van der Waals surface area contributed by atoms with Crippen molar-refractivity contribution in [3.8, 4) is 0 Å². The highest BCUT2D eigenvalue weighted by Gasteiger charge is 2.34. The number of carbonyl (C=O) groups excluding carboxylic acids is 2. The van der Waals surface area contributed by atoms with Crippen LogP contribution in [0, 0.1) is 13.8 Å². The number of nitrogens with one attached hydrogen (secondary N) is 1. The fourth-order valence-electron chi connectivity index (χ4n) is 4.02. The molecule has 0 spiro atoms. The van der Waals surface area contributed by atoms with Gasteiger partial charge in [0.15, 0.2) is 5.76 Å². The van der Waals surface area contributed by atoms with Crippen LogP contribution in [0.3, 0.4) is 0 Å². The van der Waals surface area contributed by atoms with Crippen LogP contribution in [0.4, 0.5) is 0 Å². The summed E-state index contributed by atoms with van der Waals surface area (Å²) in [6, 6.07) is 1.58. The van der Waals surface area contributed by atoms with Crippen molar-refractivity contribution in [2.45, 2.75) is 31.6 Å². The maximum Gasteiger partial charge on any atom is 0.270 e. The standard InChI is InChI=1S/C19H25N5O5S/c1-13-17(14(2)29-21-13)30(27,28)24-9-7-23(8-10-24)18(25)15-11-16(20-12-15)19(26)22-5-3-4-6-22/h11-12,20H,3-10H2,1-2H3. The molecule has 2 saturated heterocycles. The number of aryl methyl sites for hydroxylation is 2. The molecule has 4 heterocycles. The molecule has 2 aliphatic rings. The molecule has 11 heteroatoms. The van der Waals surface area contributed by atoms with E-state index in [0.29, 0.717) is 17.0 Å². The molecular formula is C19H25N5O5S. The van der Waals surface area contributed by atoms with Gasteiger partial charge < -0.3 is 19.3 Å². The molecule has 2 aromatic rings. The zero-order chi connectivity index (χ0) is 21.5. The zero-order valence-electron chi connectivity index (χ0n) is 17.0. The van der Waals surface area contributed by atoms with E-state index in [9.17, 15) is 18.0 Å². The topological polar surface area (TPSA) is 120 Å². The van der Waals surface area contributed by atoms with Crippen molar-refractivity contribution in [1.29, 1.82) is 0 Å². The van der Waals surface area contributed by atoms with E-state index < -0.39 is 10.0 Å². The van der Waals surface area contributed by atoms with Crippen molar-refractivity contribution in [3.05, 3.63) is 35.0 Å². The number of hydrogen-bond acceptors (Lipinski definition) is 6. The number of H-pyrrole nitrogens is 1. The van der Waals surface area contributed by atoms with Crippen LogP contribution in [0.15, 0.2) is 21.7 Å². The highest BCUT2D eigenvalue weighted by Crippen LogP contribution is 2.24. The molecule has 2 aliphatic heterocycles. The number of likely N-dealkylation sites (tertiary alicyclic amines) is 1. The van der Waals surface area contributed by atoms with E-state index in [1.54, 1.807) is 35.9 Å². The van der Waals surface area contributed by atoms with Crippen LogP contribution >= 0.6 is 0 Å². The van der Waals surface area contributed by atoms with E-state index >= 15 is 0 Å². The van der Waals surface area contributed by atoms with Gasteiger partial charge in [0.2, 0.25) is 10.0 Å². The Hall–Kier alpha value is -2.66. The summed E-state index contributed by atoms with van der Waals surface area (Å²) in [6.45, 7) is 5.54.